The molecule has 1 saturated heterocycles. The molecule has 2 heterocycles. The topological polar surface area (TPSA) is 64.2 Å². The summed E-state index contributed by atoms with van der Waals surface area (Å²) < 4.78 is 1.93. The summed E-state index contributed by atoms with van der Waals surface area (Å²) in [6, 6.07) is 0.304. The number of halogens is 1. The molecule has 3 rings (SSSR count). The van der Waals surface area contributed by atoms with Gasteiger partial charge in [0.15, 0.2) is 5.15 Å². The van der Waals surface area contributed by atoms with E-state index in [1.165, 1.54) is 0 Å². The molecule has 1 aliphatic carbocycles. The normalized spacial score (nSPS) is 20.8. The van der Waals surface area contributed by atoms with E-state index in [2.05, 4.69) is 5.10 Å². The highest BCUT2D eigenvalue weighted by molar-refractivity contribution is 6.32. The number of carbonyl (C=O) groups is 1. The number of amides is 1. The number of nitrogens with zero attached hydrogens (tertiary/aromatic N) is 3. The maximum atomic E-state index is 12.0. The molecule has 1 aromatic heterocycles. The number of nitrogen functional groups attached to an aromatic ring is 1. The van der Waals surface area contributed by atoms with Crippen LogP contribution >= 0.6 is 11.6 Å². The van der Waals surface area contributed by atoms with Crippen LogP contribution in [0.15, 0.2) is 0 Å². The molecule has 1 saturated carbocycles. The van der Waals surface area contributed by atoms with Gasteiger partial charge in [-0.3, -0.25) is 9.48 Å². The molecule has 0 unspecified atom stereocenters. The smallest absolute Gasteiger partial charge is 0.225 e. The van der Waals surface area contributed by atoms with E-state index in [1.54, 1.807) is 0 Å². The maximum absolute atomic E-state index is 12.0. The molecule has 19 heavy (non-hydrogen) atoms. The van der Waals surface area contributed by atoms with Crippen LogP contribution in [0.25, 0.3) is 0 Å². The number of hydrogen-bond acceptors (Lipinski definition) is 3. The monoisotopic (exact) mass is 282 g/mol. The molecule has 2 N–H and O–H groups in total. The number of aromatic nitrogens is 2. The molecule has 1 amide bonds. The molecule has 1 aliphatic heterocycles. The van der Waals surface area contributed by atoms with Crippen LogP contribution in [0.3, 0.4) is 0 Å². The zero-order valence-electron chi connectivity index (χ0n) is 11.1. The van der Waals surface area contributed by atoms with Crippen LogP contribution in [0.4, 0.5) is 5.69 Å². The molecule has 5 nitrogen and oxygen atoms in total. The van der Waals surface area contributed by atoms with Crippen molar-refractivity contribution in [1.29, 1.82) is 0 Å². The van der Waals surface area contributed by atoms with Crippen LogP contribution in [0.5, 0.6) is 0 Å². The minimum absolute atomic E-state index is 0.304. The first-order chi connectivity index (χ1) is 9.08. The average Bonchev–Trinajstić information content (AvgIpc) is 3.23. The molecule has 2 fully saturated rings. The molecule has 0 atom stereocenters. The molecule has 0 spiro atoms. The van der Waals surface area contributed by atoms with E-state index in [4.69, 9.17) is 17.3 Å². The van der Waals surface area contributed by atoms with Crippen LogP contribution in [0.2, 0.25) is 5.15 Å². The molecule has 2 aliphatic rings. The lowest BCUT2D eigenvalue weighted by Crippen LogP contribution is -2.40. The lowest BCUT2D eigenvalue weighted by Gasteiger charge is -2.32. The Kier molecular flexibility index (Phi) is 3.17. The highest BCUT2D eigenvalue weighted by Crippen LogP contribution is 2.34. The Morgan fingerprint density at radius 3 is 2.42 bits per heavy atom. The minimum atomic E-state index is 0.304. The number of nitrogens with two attached hydrogens (primary N) is 1. The standard InChI is InChI=1S/C13H19ClN4O/c1-8-11(15)12(14)16-18(8)10-4-6-17(7-5-10)13(19)9-2-3-9/h9-10H,2-7,15H2,1H3. The van der Waals surface area contributed by atoms with Gasteiger partial charge in [-0.1, -0.05) is 11.6 Å². The van der Waals surface area contributed by atoms with Gasteiger partial charge in [0.25, 0.3) is 0 Å². The predicted octanol–water partition coefficient (Wildman–Crippen LogP) is 2.00. The first kappa shape index (κ1) is 12.8. The highest BCUT2D eigenvalue weighted by atomic mass is 35.5. The van der Waals surface area contributed by atoms with Crippen molar-refractivity contribution < 1.29 is 4.79 Å². The van der Waals surface area contributed by atoms with Gasteiger partial charge >= 0.3 is 0 Å². The molecule has 1 aromatic rings. The number of carbonyl (C=O) groups excluding carboxylic acids is 1. The van der Waals surface area contributed by atoms with Crippen molar-refractivity contribution in [3.63, 3.8) is 0 Å². The van der Waals surface area contributed by atoms with Crippen LogP contribution < -0.4 is 5.73 Å². The molecule has 0 bridgehead atoms. The second-order valence-electron chi connectivity index (χ2n) is 5.57. The Hall–Kier alpha value is -1.23. The predicted molar refractivity (Wildman–Crippen MR) is 74.0 cm³/mol. The van der Waals surface area contributed by atoms with Crippen molar-refractivity contribution >= 4 is 23.2 Å². The van der Waals surface area contributed by atoms with Crippen LogP contribution in [-0.2, 0) is 4.79 Å². The second kappa shape index (κ2) is 4.71. The van der Waals surface area contributed by atoms with E-state index in [9.17, 15) is 4.79 Å². The Morgan fingerprint density at radius 1 is 1.32 bits per heavy atom. The summed E-state index contributed by atoms with van der Waals surface area (Å²) in [4.78, 5) is 14.0. The third-order valence-electron chi connectivity index (χ3n) is 4.20. The van der Waals surface area contributed by atoms with Crippen LogP contribution in [-0.4, -0.2) is 33.7 Å². The van der Waals surface area contributed by atoms with Gasteiger partial charge in [-0.05, 0) is 32.6 Å². The van der Waals surface area contributed by atoms with Crippen molar-refractivity contribution in [1.82, 2.24) is 14.7 Å². The average molecular weight is 283 g/mol. The minimum Gasteiger partial charge on any atom is -0.395 e. The summed E-state index contributed by atoms with van der Waals surface area (Å²) in [5.41, 5.74) is 7.35. The van der Waals surface area contributed by atoms with Crippen LogP contribution in [0, 0.1) is 12.8 Å². The van der Waals surface area contributed by atoms with E-state index in [0.717, 1.165) is 44.5 Å². The maximum Gasteiger partial charge on any atom is 0.225 e. The molecule has 0 radical (unpaired) electrons. The van der Waals surface area contributed by atoms with Gasteiger partial charge in [0.2, 0.25) is 5.91 Å². The zero-order valence-corrected chi connectivity index (χ0v) is 11.9. The fraction of sp³-hybridized carbons (Fsp3) is 0.692. The first-order valence-corrected chi connectivity index (χ1v) is 7.24. The van der Waals surface area contributed by atoms with Crippen molar-refractivity contribution in [2.24, 2.45) is 5.92 Å². The molecule has 0 aromatic carbocycles. The number of anilines is 1. The number of rotatable bonds is 2. The molecule has 104 valence electrons. The van der Waals surface area contributed by atoms with Gasteiger partial charge in [-0.25, -0.2) is 0 Å². The van der Waals surface area contributed by atoms with Gasteiger partial charge in [0.05, 0.1) is 17.4 Å². The van der Waals surface area contributed by atoms with E-state index in [-0.39, 0.29) is 0 Å². The number of piperidine rings is 1. The summed E-state index contributed by atoms with van der Waals surface area (Å²) in [6.45, 7) is 3.57. The van der Waals surface area contributed by atoms with E-state index < -0.39 is 0 Å². The number of likely N-dealkylation sites (tertiary alicyclic amines) is 1. The van der Waals surface area contributed by atoms with E-state index in [0.29, 0.717) is 28.7 Å². The molecular formula is C13H19ClN4O. The fourth-order valence-electron chi connectivity index (χ4n) is 2.77. The fourth-order valence-corrected chi connectivity index (χ4v) is 2.99. The summed E-state index contributed by atoms with van der Waals surface area (Å²) in [7, 11) is 0. The number of hydrogen-bond donors (Lipinski definition) is 1. The summed E-state index contributed by atoms with van der Waals surface area (Å²) in [5, 5.41) is 4.69. The quantitative estimate of drug-likeness (QED) is 0.902. The SMILES string of the molecule is Cc1c(N)c(Cl)nn1C1CCN(C(=O)C2CC2)CC1. The highest BCUT2D eigenvalue weighted by Gasteiger charge is 2.35. The summed E-state index contributed by atoms with van der Waals surface area (Å²) in [6.07, 6.45) is 4.00. The Labute approximate surface area is 117 Å². The van der Waals surface area contributed by atoms with Gasteiger partial charge < -0.3 is 10.6 Å². The largest absolute Gasteiger partial charge is 0.395 e. The van der Waals surface area contributed by atoms with Gasteiger partial charge in [-0.2, -0.15) is 5.10 Å². The third-order valence-corrected chi connectivity index (χ3v) is 4.48. The second-order valence-corrected chi connectivity index (χ2v) is 5.92. The zero-order chi connectivity index (χ0) is 13.6. The molecular weight excluding hydrogens is 264 g/mol. The van der Waals surface area contributed by atoms with E-state index >= 15 is 0 Å². The Balaban J connectivity index is 1.66. The van der Waals surface area contributed by atoms with Crippen molar-refractivity contribution in [3.8, 4) is 0 Å². The lowest BCUT2D eigenvalue weighted by atomic mass is 10.0. The van der Waals surface area contributed by atoms with Gasteiger partial charge in [0, 0.05) is 19.0 Å². The van der Waals surface area contributed by atoms with Crippen molar-refractivity contribution in [2.75, 3.05) is 18.8 Å². The van der Waals surface area contributed by atoms with Crippen molar-refractivity contribution in [3.05, 3.63) is 10.8 Å². The summed E-state index contributed by atoms with van der Waals surface area (Å²) >= 11 is 5.96. The Bertz CT molecular complexity index is 501. The van der Waals surface area contributed by atoms with Gasteiger partial charge in [-0.15, -0.1) is 0 Å². The first-order valence-electron chi connectivity index (χ1n) is 6.86. The Morgan fingerprint density at radius 2 is 1.95 bits per heavy atom. The van der Waals surface area contributed by atoms with Crippen LogP contribution in [0.1, 0.15) is 37.4 Å². The van der Waals surface area contributed by atoms with Crippen molar-refractivity contribution in [2.45, 2.75) is 38.6 Å². The van der Waals surface area contributed by atoms with Gasteiger partial charge in [0.1, 0.15) is 0 Å². The third kappa shape index (κ3) is 2.31. The lowest BCUT2D eigenvalue weighted by molar-refractivity contribution is -0.133. The van der Waals surface area contributed by atoms with E-state index in [1.807, 2.05) is 16.5 Å². The molecule has 6 heteroatoms. The summed E-state index contributed by atoms with van der Waals surface area (Å²) in [5.74, 6) is 0.654.